The average molecular weight is 157 g/mol. The van der Waals surface area contributed by atoms with Crippen LogP contribution >= 0.6 is 0 Å². The van der Waals surface area contributed by atoms with Gasteiger partial charge in [0.15, 0.2) is 0 Å². The van der Waals surface area contributed by atoms with Gasteiger partial charge in [-0.25, -0.2) is 5.01 Å². The predicted molar refractivity (Wildman–Crippen MR) is 47.1 cm³/mol. The van der Waals surface area contributed by atoms with E-state index in [-0.39, 0.29) is 0 Å². The SMILES string of the molecule is CCN(CC)C1CCN(N)C1. The van der Waals surface area contributed by atoms with Crippen molar-refractivity contribution in [2.75, 3.05) is 26.2 Å². The summed E-state index contributed by atoms with van der Waals surface area (Å²) in [6.45, 7) is 8.82. The van der Waals surface area contributed by atoms with Crippen LogP contribution in [0, 0.1) is 0 Å². The van der Waals surface area contributed by atoms with Crippen LogP contribution in [0.3, 0.4) is 0 Å². The second-order valence-corrected chi connectivity index (χ2v) is 3.16. The lowest BCUT2D eigenvalue weighted by Gasteiger charge is -2.25. The van der Waals surface area contributed by atoms with Gasteiger partial charge in [-0.1, -0.05) is 13.8 Å². The summed E-state index contributed by atoms with van der Waals surface area (Å²) >= 11 is 0. The molecule has 1 heterocycles. The quantitative estimate of drug-likeness (QED) is 0.597. The molecule has 1 aliphatic heterocycles. The van der Waals surface area contributed by atoms with Crippen LogP contribution in [-0.2, 0) is 0 Å². The van der Waals surface area contributed by atoms with Gasteiger partial charge in [-0.15, -0.1) is 0 Å². The van der Waals surface area contributed by atoms with Gasteiger partial charge in [-0.3, -0.25) is 10.7 Å². The minimum Gasteiger partial charge on any atom is -0.300 e. The van der Waals surface area contributed by atoms with Gasteiger partial charge in [-0.2, -0.15) is 0 Å². The molecule has 1 rings (SSSR count). The minimum absolute atomic E-state index is 0.704. The normalized spacial score (nSPS) is 26.7. The molecule has 3 nitrogen and oxygen atoms in total. The van der Waals surface area contributed by atoms with E-state index in [1.165, 1.54) is 6.42 Å². The highest BCUT2D eigenvalue weighted by Gasteiger charge is 2.23. The third kappa shape index (κ3) is 2.15. The van der Waals surface area contributed by atoms with Crippen molar-refractivity contribution in [2.45, 2.75) is 26.3 Å². The first-order chi connectivity index (χ1) is 5.27. The van der Waals surface area contributed by atoms with Crippen molar-refractivity contribution < 1.29 is 0 Å². The summed E-state index contributed by atoms with van der Waals surface area (Å²) in [5, 5.41) is 1.92. The zero-order valence-electron chi connectivity index (χ0n) is 7.58. The van der Waals surface area contributed by atoms with Crippen LogP contribution in [0.4, 0.5) is 0 Å². The Labute approximate surface area is 69.1 Å². The van der Waals surface area contributed by atoms with Crippen molar-refractivity contribution >= 4 is 0 Å². The molecule has 0 aliphatic carbocycles. The number of hydrogen-bond donors (Lipinski definition) is 1. The summed E-state index contributed by atoms with van der Waals surface area (Å²) in [7, 11) is 0. The number of likely N-dealkylation sites (N-methyl/N-ethyl adjacent to an activating group) is 1. The van der Waals surface area contributed by atoms with Gasteiger partial charge in [0.1, 0.15) is 0 Å². The highest BCUT2D eigenvalue weighted by atomic mass is 15.4. The Morgan fingerprint density at radius 2 is 2.09 bits per heavy atom. The molecule has 1 aliphatic rings. The molecule has 11 heavy (non-hydrogen) atoms. The maximum Gasteiger partial charge on any atom is 0.0285 e. The van der Waals surface area contributed by atoms with Crippen molar-refractivity contribution in [2.24, 2.45) is 5.84 Å². The van der Waals surface area contributed by atoms with Crippen LogP contribution in [0.2, 0.25) is 0 Å². The summed E-state index contributed by atoms with van der Waals surface area (Å²) in [6, 6.07) is 0.704. The molecule has 0 saturated carbocycles. The molecule has 0 aromatic heterocycles. The highest BCUT2D eigenvalue weighted by Crippen LogP contribution is 2.11. The van der Waals surface area contributed by atoms with Crippen LogP contribution in [0.25, 0.3) is 0 Å². The Morgan fingerprint density at radius 3 is 2.45 bits per heavy atom. The molecule has 0 radical (unpaired) electrons. The Bertz CT molecular complexity index is 112. The van der Waals surface area contributed by atoms with Gasteiger partial charge in [0.05, 0.1) is 0 Å². The largest absolute Gasteiger partial charge is 0.300 e. The van der Waals surface area contributed by atoms with Crippen LogP contribution < -0.4 is 5.84 Å². The lowest BCUT2D eigenvalue weighted by molar-refractivity contribution is 0.212. The molecule has 0 amide bonds. The van der Waals surface area contributed by atoms with E-state index in [9.17, 15) is 0 Å². The fraction of sp³-hybridized carbons (Fsp3) is 1.00. The molecule has 3 heteroatoms. The van der Waals surface area contributed by atoms with Crippen LogP contribution in [0.15, 0.2) is 0 Å². The second-order valence-electron chi connectivity index (χ2n) is 3.16. The molecule has 66 valence electrons. The van der Waals surface area contributed by atoms with Crippen molar-refractivity contribution in [1.29, 1.82) is 0 Å². The topological polar surface area (TPSA) is 32.5 Å². The standard InChI is InChI=1S/C8H19N3/c1-3-10(4-2)8-5-6-11(9)7-8/h8H,3-7,9H2,1-2H3. The van der Waals surface area contributed by atoms with Gasteiger partial charge in [-0.05, 0) is 19.5 Å². The number of hydrogen-bond acceptors (Lipinski definition) is 3. The third-order valence-electron chi connectivity index (χ3n) is 2.52. The average Bonchev–Trinajstić information content (AvgIpc) is 2.39. The van der Waals surface area contributed by atoms with Crippen molar-refractivity contribution in [3.8, 4) is 0 Å². The molecule has 0 bridgehead atoms. The minimum atomic E-state index is 0.704. The molecular weight excluding hydrogens is 138 g/mol. The predicted octanol–water partition coefficient (Wildman–Crippen LogP) is 0.276. The van der Waals surface area contributed by atoms with E-state index < -0.39 is 0 Å². The zero-order valence-corrected chi connectivity index (χ0v) is 7.58. The zero-order chi connectivity index (χ0) is 8.27. The Morgan fingerprint density at radius 1 is 1.45 bits per heavy atom. The maximum atomic E-state index is 5.68. The smallest absolute Gasteiger partial charge is 0.0285 e. The molecule has 0 spiro atoms. The molecule has 1 atom stereocenters. The second kappa shape index (κ2) is 4.04. The molecular formula is C8H19N3. The van der Waals surface area contributed by atoms with Crippen molar-refractivity contribution in [3.05, 3.63) is 0 Å². The highest BCUT2D eigenvalue weighted by molar-refractivity contribution is 4.79. The first-order valence-electron chi connectivity index (χ1n) is 4.51. The lowest BCUT2D eigenvalue weighted by Crippen LogP contribution is -2.38. The van der Waals surface area contributed by atoms with E-state index in [1.54, 1.807) is 0 Å². The van der Waals surface area contributed by atoms with E-state index in [1.807, 2.05) is 5.01 Å². The van der Waals surface area contributed by atoms with Gasteiger partial charge < -0.3 is 0 Å². The van der Waals surface area contributed by atoms with Gasteiger partial charge in [0.2, 0.25) is 0 Å². The third-order valence-corrected chi connectivity index (χ3v) is 2.52. The van der Waals surface area contributed by atoms with Crippen LogP contribution in [0.1, 0.15) is 20.3 Å². The molecule has 0 aromatic carbocycles. The summed E-state index contributed by atoms with van der Waals surface area (Å²) in [5.74, 6) is 5.68. The van der Waals surface area contributed by atoms with Crippen LogP contribution in [-0.4, -0.2) is 42.1 Å². The lowest BCUT2D eigenvalue weighted by atomic mass is 10.2. The van der Waals surface area contributed by atoms with E-state index in [4.69, 9.17) is 5.84 Å². The van der Waals surface area contributed by atoms with E-state index in [0.717, 1.165) is 26.2 Å². The number of hydrazine groups is 1. The fourth-order valence-corrected chi connectivity index (χ4v) is 1.81. The number of nitrogens with zero attached hydrogens (tertiary/aromatic N) is 2. The summed E-state index contributed by atoms with van der Waals surface area (Å²) in [4.78, 5) is 2.48. The first kappa shape index (κ1) is 8.97. The molecule has 1 unspecified atom stereocenters. The summed E-state index contributed by atoms with van der Waals surface area (Å²) in [6.07, 6.45) is 1.23. The van der Waals surface area contributed by atoms with Crippen LogP contribution in [0.5, 0.6) is 0 Å². The van der Waals surface area contributed by atoms with Crippen molar-refractivity contribution in [1.82, 2.24) is 9.91 Å². The fourth-order valence-electron chi connectivity index (χ4n) is 1.81. The molecule has 2 N–H and O–H groups in total. The van der Waals surface area contributed by atoms with Gasteiger partial charge >= 0.3 is 0 Å². The van der Waals surface area contributed by atoms with E-state index in [2.05, 4.69) is 18.7 Å². The molecule has 1 saturated heterocycles. The summed E-state index contributed by atoms with van der Waals surface area (Å²) in [5.41, 5.74) is 0. The maximum absolute atomic E-state index is 5.68. The summed E-state index contributed by atoms with van der Waals surface area (Å²) < 4.78 is 0. The van der Waals surface area contributed by atoms with Crippen molar-refractivity contribution in [3.63, 3.8) is 0 Å². The van der Waals surface area contributed by atoms with E-state index in [0.29, 0.717) is 6.04 Å². The van der Waals surface area contributed by atoms with Gasteiger partial charge in [0.25, 0.3) is 0 Å². The first-order valence-corrected chi connectivity index (χ1v) is 4.51. The Kier molecular flexibility index (Phi) is 3.30. The van der Waals surface area contributed by atoms with E-state index >= 15 is 0 Å². The monoisotopic (exact) mass is 157 g/mol. The Balaban J connectivity index is 2.34. The van der Waals surface area contributed by atoms with Gasteiger partial charge in [0, 0.05) is 19.1 Å². The number of nitrogens with two attached hydrogens (primary N) is 1. The molecule has 0 aromatic rings. The number of rotatable bonds is 3. The Hall–Kier alpha value is -0.120. The molecule has 1 fully saturated rings.